The summed E-state index contributed by atoms with van der Waals surface area (Å²) in [5.74, 6) is 1.99. The van der Waals surface area contributed by atoms with Crippen molar-refractivity contribution in [2.24, 2.45) is 5.73 Å². The van der Waals surface area contributed by atoms with Crippen LogP contribution in [0.3, 0.4) is 0 Å². The van der Waals surface area contributed by atoms with Gasteiger partial charge in [0.1, 0.15) is 0 Å². The normalized spacial score (nSPS) is 12.1. The highest BCUT2D eigenvalue weighted by molar-refractivity contribution is 7.99. The standard InChI is InChI=1S/C6H12ClNS/c1-6(7)2-4-9-5-3-8/h2H,3-5,8H2,1H3/b6-2-. The lowest BCUT2D eigenvalue weighted by Gasteiger charge is -1.91. The minimum absolute atomic E-state index is 0.750. The van der Waals surface area contributed by atoms with E-state index in [9.17, 15) is 0 Å². The van der Waals surface area contributed by atoms with Crippen LogP contribution in [0.25, 0.3) is 0 Å². The Hall–Kier alpha value is 0.340. The molecule has 0 aliphatic rings. The van der Waals surface area contributed by atoms with Crippen molar-refractivity contribution in [3.05, 3.63) is 11.1 Å². The molecule has 0 heterocycles. The number of allylic oxidation sites excluding steroid dienone is 1. The van der Waals surface area contributed by atoms with Crippen molar-refractivity contribution in [3.63, 3.8) is 0 Å². The Bertz CT molecular complexity index is 89.1. The maximum atomic E-state index is 5.57. The van der Waals surface area contributed by atoms with Gasteiger partial charge in [0.15, 0.2) is 0 Å². The highest BCUT2D eigenvalue weighted by Crippen LogP contribution is 2.03. The molecule has 0 aliphatic carbocycles. The first-order valence-electron chi connectivity index (χ1n) is 2.87. The van der Waals surface area contributed by atoms with Crippen molar-refractivity contribution in [2.75, 3.05) is 18.1 Å². The van der Waals surface area contributed by atoms with Gasteiger partial charge in [-0.3, -0.25) is 0 Å². The molecule has 0 saturated carbocycles. The van der Waals surface area contributed by atoms with Crippen LogP contribution in [-0.2, 0) is 0 Å². The summed E-state index contributed by atoms with van der Waals surface area (Å²) in [7, 11) is 0. The van der Waals surface area contributed by atoms with E-state index in [0.717, 1.165) is 23.1 Å². The summed E-state index contributed by atoms with van der Waals surface area (Å²) in [5.41, 5.74) is 5.27. The second-order valence-corrected chi connectivity index (χ2v) is 3.40. The molecule has 0 radical (unpaired) electrons. The zero-order valence-corrected chi connectivity index (χ0v) is 7.13. The summed E-state index contributed by atoms with van der Waals surface area (Å²) in [5, 5.41) is 0.861. The fourth-order valence-electron chi connectivity index (χ4n) is 0.340. The number of hydrogen-bond acceptors (Lipinski definition) is 2. The van der Waals surface area contributed by atoms with Crippen LogP contribution in [-0.4, -0.2) is 18.1 Å². The van der Waals surface area contributed by atoms with Crippen LogP contribution >= 0.6 is 23.4 Å². The van der Waals surface area contributed by atoms with Crippen LogP contribution in [0.1, 0.15) is 6.92 Å². The third-order valence-corrected chi connectivity index (χ3v) is 1.83. The number of nitrogens with two attached hydrogens (primary N) is 1. The monoisotopic (exact) mass is 165 g/mol. The van der Waals surface area contributed by atoms with Gasteiger partial charge in [-0.1, -0.05) is 17.7 Å². The fraction of sp³-hybridized carbons (Fsp3) is 0.667. The molecule has 0 rings (SSSR count). The second-order valence-electron chi connectivity index (χ2n) is 1.65. The van der Waals surface area contributed by atoms with Crippen molar-refractivity contribution in [2.45, 2.75) is 6.92 Å². The molecule has 0 fully saturated rings. The minimum atomic E-state index is 0.750. The third kappa shape index (κ3) is 8.34. The van der Waals surface area contributed by atoms with Crippen LogP contribution in [0.2, 0.25) is 0 Å². The molecule has 3 heteroatoms. The molecule has 0 atom stereocenters. The molecule has 0 saturated heterocycles. The summed E-state index contributed by atoms with van der Waals surface area (Å²) in [6.07, 6.45) is 1.99. The average molecular weight is 166 g/mol. The van der Waals surface area contributed by atoms with Gasteiger partial charge in [-0.05, 0) is 6.92 Å². The van der Waals surface area contributed by atoms with E-state index < -0.39 is 0 Å². The Morgan fingerprint density at radius 2 is 2.44 bits per heavy atom. The van der Waals surface area contributed by atoms with Crippen LogP contribution in [0.5, 0.6) is 0 Å². The number of thioether (sulfide) groups is 1. The highest BCUT2D eigenvalue weighted by Gasteiger charge is 1.82. The van der Waals surface area contributed by atoms with Crippen LogP contribution in [0.15, 0.2) is 11.1 Å². The van der Waals surface area contributed by atoms with Crippen LogP contribution in [0.4, 0.5) is 0 Å². The highest BCUT2D eigenvalue weighted by atomic mass is 35.5. The van der Waals surface area contributed by atoms with Gasteiger partial charge in [-0.2, -0.15) is 11.8 Å². The maximum Gasteiger partial charge on any atom is 0.0128 e. The Kier molecular flexibility index (Phi) is 6.70. The molecule has 2 N–H and O–H groups in total. The first kappa shape index (κ1) is 9.34. The first-order chi connectivity index (χ1) is 4.27. The van der Waals surface area contributed by atoms with Gasteiger partial charge in [0.05, 0.1) is 0 Å². The quantitative estimate of drug-likeness (QED) is 0.644. The molecule has 0 bridgehead atoms. The Labute approximate surface area is 65.6 Å². The van der Waals surface area contributed by atoms with Gasteiger partial charge < -0.3 is 5.73 Å². The van der Waals surface area contributed by atoms with E-state index in [0.29, 0.717) is 0 Å². The van der Waals surface area contributed by atoms with Gasteiger partial charge in [0.25, 0.3) is 0 Å². The van der Waals surface area contributed by atoms with Crippen molar-refractivity contribution >= 4 is 23.4 Å². The van der Waals surface area contributed by atoms with Gasteiger partial charge in [0.2, 0.25) is 0 Å². The SMILES string of the molecule is C/C(Cl)=C/CSCCN. The van der Waals surface area contributed by atoms with E-state index in [1.54, 1.807) is 11.8 Å². The minimum Gasteiger partial charge on any atom is -0.330 e. The molecular weight excluding hydrogens is 154 g/mol. The number of hydrogen-bond donors (Lipinski definition) is 1. The van der Waals surface area contributed by atoms with E-state index in [-0.39, 0.29) is 0 Å². The summed E-state index contributed by atoms with van der Waals surface area (Å²) in [4.78, 5) is 0. The molecule has 54 valence electrons. The number of rotatable bonds is 4. The average Bonchev–Trinajstić information content (AvgIpc) is 1.80. The molecule has 0 unspecified atom stereocenters. The Balaban J connectivity index is 3.00. The third-order valence-electron chi connectivity index (χ3n) is 0.745. The van der Waals surface area contributed by atoms with Crippen molar-refractivity contribution in [1.29, 1.82) is 0 Å². The lowest BCUT2D eigenvalue weighted by molar-refractivity contribution is 1.15. The lowest BCUT2D eigenvalue weighted by Crippen LogP contribution is -2.01. The molecule has 0 aromatic rings. The molecule has 9 heavy (non-hydrogen) atoms. The largest absolute Gasteiger partial charge is 0.330 e. The Morgan fingerprint density at radius 1 is 1.78 bits per heavy atom. The van der Waals surface area contributed by atoms with Gasteiger partial charge >= 0.3 is 0 Å². The topological polar surface area (TPSA) is 26.0 Å². The smallest absolute Gasteiger partial charge is 0.0128 e. The summed E-state index contributed by atoms with van der Waals surface area (Å²) < 4.78 is 0. The molecule has 0 aromatic carbocycles. The van der Waals surface area contributed by atoms with Crippen molar-refractivity contribution in [1.82, 2.24) is 0 Å². The molecule has 0 spiro atoms. The van der Waals surface area contributed by atoms with Crippen LogP contribution in [0, 0.1) is 0 Å². The fourth-order valence-corrected chi connectivity index (χ4v) is 1.21. The summed E-state index contributed by atoms with van der Waals surface area (Å²) in [6.45, 7) is 2.63. The van der Waals surface area contributed by atoms with E-state index in [4.69, 9.17) is 17.3 Å². The summed E-state index contributed by atoms with van der Waals surface area (Å²) in [6, 6.07) is 0. The van der Waals surface area contributed by atoms with Crippen LogP contribution < -0.4 is 5.73 Å². The van der Waals surface area contributed by atoms with E-state index >= 15 is 0 Å². The maximum absolute atomic E-state index is 5.57. The predicted octanol–water partition coefficient (Wildman–Crippen LogP) is 1.82. The Morgan fingerprint density at radius 3 is 2.89 bits per heavy atom. The molecule has 1 nitrogen and oxygen atoms in total. The summed E-state index contributed by atoms with van der Waals surface area (Å²) >= 11 is 7.37. The molecule has 0 aliphatic heterocycles. The van der Waals surface area contributed by atoms with E-state index in [1.807, 2.05) is 13.0 Å². The zero-order valence-electron chi connectivity index (χ0n) is 5.56. The lowest BCUT2D eigenvalue weighted by atomic mass is 10.6. The predicted molar refractivity (Wildman–Crippen MR) is 46.0 cm³/mol. The van der Waals surface area contributed by atoms with Crippen molar-refractivity contribution in [3.8, 4) is 0 Å². The zero-order chi connectivity index (χ0) is 7.11. The van der Waals surface area contributed by atoms with Gasteiger partial charge in [0, 0.05) is 23.1 Å². The molecule has 0 aromatic heterocycles. The second kappa shape index (κ2) is 6.46. The van der Waals surface area contributed by atoms with Gasteiger partial charge in [-0.15, -0.1) is 0 Å². The number of halogens is 1. The van der Waals surface area contributed by atoms with E-state index in [1.165, 1.54) is 0 Å². The van der Waals surface area contributed by atoms with Gasteiger partial charge in [-0.25, -0.2) is 0 Å². The van der Waals surface area contributed by atoms with E-state index in [2.05, 4.69) is 0 Å². The van der Waals surface area contributed by atoms with Crippen molar-refractivity contribution < 1.29 is 0 Å². The molecular formula is C6H12ClNS. The molecule has 0 amide bonds. The first-order valence-corrected chi connectivity index (χ1v) is 4.40.